The fourth-order valence-corrected chi connectivity index (χ4v) is 3.89. The minimum atomic E-state index is -1.09. The second kappa shape index (κ2) is 5.85. The number of carbonyl (C=O) groups is 2. The van der Waals surface area contributed by atoms with Gasteiger partial charge < -0.3 is 14.6 Å². The third-order valence-electron chi connectivity index (χ3n) is 4.79. The van der Waals surface area contributed by atoms with E-state index in [4.69, 9.17) is 4.74 Å². The van der Waals surface area contributed by atoms with Crippen molar-refractivity contribution in [3.05, 3.63) is 29.8 Å². The number of likely N-dealkylation sites (N-methyl/N-ethyl adjacent to an activating group) is 1. The van der Waals surface area contributed by atoms with Crippen molar-refractivity contribution in [1.82, 2.24) is 4.90 Å². The number of nitrogens with zero attached hydrogens (tertiary/aromatic N) is 2. The number of hydrogen-bond acceptors (Lipinski definition) is 5. The van der Waals surface area contributed by atoms with Crippen LogP contribution in [-0.4, -0.2) is 43.8 Å². The van der Waals surface area contributed by atoms with Gasteiger partial charge in [-0.2, -0.15) is 0 Å². The van der Waals surface area contributed by atoms with E-state index < -0.39 is 23.4 Å². The number of likely N-dealkylation sites (tertiary alicyclic amines) is 1. The summed E-state index contributed by atoms with van der Waals surface area (Å²) in [5.74, 6) is -1.77. The van der Waals surface area contributed by atoms with Gasteiger partial charge in [0.05, 0.1) is 12.8 Å². The summed E-state index contributed by atoms with van der Waals surface area (Å²) in [7, 11) is 3.14. The second-order valence-electron chi connectivity index (χ2n) is 5.82. The van der Waals surface area contributed by atoms with E-state index in [-0.39, 0.29) is 35.7 Å². The monoisotopic (exact) mass is 312 g/mol. The van der Waals surface area contributed by atoms with Gasteiger partial charge in [-0.25, -0.2) is 4.79 Å². The minimum absolute atomic E-state index is 0. The van der Waals surface area contributed by atoms with Crippen LogP contribution in [0, 0.1) is 5.92 Å². The van der Waals surface area contributed by atoms with Crippen molar-refractivity contribution >= 4 is 17.7 Å². The Labute approximate surface area is 151 Å². The maximum atomic E-state index is 12.2. The summed E-state index contributed by atoms with van der Waals surface area (Å²) < 4.78 is 4.89. The second-order valence-corrected chi connectivity index (χ2v) is 5.82. The SMILES string of the molecule is COC(=O)N1c2ccccc2[C@]2(C)C(C(=O)[O-])CN(C)[C@H]12.[Na+]. The van der Waals surface area contributed by atoms with E-state index in [2.05, 4.69) is 0 Å². The average Bonchev–Trinajstić information content (AvgIpc) is 2.88. The maximum Gasteiger partial charge on any atom is 1.00 e. The normalized spacial score (nSPS) is 29.5. The molecular weight excluding hydrogens is 295 g/mol. The average molecular weight is 312 g/mol. The molecule has 7 heteroatoms. The summed E-state index contributed by atoms with van der Waals surface area (Å²) in [6.45, 7) is 2.22. The zero-order valence-corrected chi connectivity index (χ0v) is 15.2. The van der Waals surface area contributed by atoms with Crippen LogP contribution in [0.5, 0.6) is 0 Å². The van der Waals surface area contributed by atoms with Crippen molar-refractivity contribution in [2.75, 3.05) is 25.6 Å². The Hall–Kier alpha value is -1.08. The van der Waals surface area contributed by atoms with Crippen molar-refractivity contribution < 1.29 is 49.0 Å². The van der Waals surface area contributed by atoms with Crippen molar-refractivity contribution in [2.45, 2.75) is 18.5 Å². The summed E-state index contributed by atoms with van der Waals surface area (Å²) in [6, 6.07) is 7.37. The molecule has 6 nitrogen and oxygen atoms in total. The zero-order chi connectivity index (χ0) is 15.4. The first-order valence-corrected chi connectivity index (χ1v) is 6.80. The Balaban J connectivity index is 0.00000176. The topological polar surface area (TPSA) is 72.9 Å². The standard InChI is InChI=1S/C15H18N2O4.Na/c1-15-9-6-4-5-7-11(9)17(14(20)21-3)13(15)16(2)8-10(15)12(18)19;/h4-7,10,13H,8H2,1-3H3,(H,18,19);/q;+1/p-1/t10?,13-,15-;/m1./s1. The predicted octanol–water partition coefficient (Wildman–Crippen LogP) is -2.83. The van der Waals surface area contributed by atoms with E-state index in [9.17, 15) is 14.7 Å². The molecule has 2 aliphatic heterocycles. The minimum Gasteiger partial charge on any atom is -0.550 e. The van der Waals surface area contributed by atoms with Crippen LogP contribution in [-0.2, 0) is 14.9 Å². The van der Waals surface area contributed by atoms with Crippen LogP contribution in [0.4, 0.5) is 10.5 Å². The molecule has 2 heterocycles. The molecule has 3 rings (SSSR count). The van der Waals surface area contributed by atoms with Crippen LogP contribution in [0.15, 0.2) is 24.3 Å². The molecule has 2 aliphatic rings. The van der Waals surface area contributed by atoms with Gasteiger partial charge >= 0.3 is 35.7 Å². The van der Waals surface area contributed by atoms with E-state index in [1.54, 1.807) is 0 Å². The smallest absolute Gasteiger partial charge is 0.550 e. The summed E-state index contributed by atoms with van der Waals surface area (Å²) in [6.07, 6.45) is -0.868. The Bertz CT molecular complexity index is 623. The molecule has 0 spiro atoms. The number of amides is 1. The first-order valence-electron chi connectivity index (χ1n) is 6.80. The zero-order valence-electron chi connectivity index (χ0n) is 13.2. The van der Waals surface area contributed by atoms with Crippen LogP contribution >= 0.6 is 0 Å². The first kappa shape index (κ1) is 17.3. The summed E-state index contributed by atoms with van der Waals surface area (Å²) in [5, 5.41) is 11.6. The molecule has 1 amide bonds. The molecule has 112 valence electrons. The fraction of sp³-hybridized carbons (Fsp3) is 0.467. The number of carboxylic acids is 1. The molecule has 0 aliphatic carbocycles. The molecule has 22 heavy (non-hydrogen) atoms. The van der Waals surface area contributed by atoms with Gasteiger partial charge in [0.25, 0.3) is 0 Å². The van der Waals surface area contributed by atoms with Crippen molar-refractivity contribution in [3.8, 4) is 0 Å². The van der Waals surface area contributed by atoms with E-state index in [0.717, 1.165) is 5.56 Å². The number of carbonyl (C=O) groups excluding carboxylic acids is 2. The van der Waals surface area contributed by atoms with E-state index in [1.807, 2.05) is 43.1 Å². The Morgan fingerprint density at radius 1 is 1.36 bits per heavy atom. The molecule has 1 unspecified atom stereocenters. The van der Waals surface area contributed by atoms with Gasteiger partial charge in [0.15, 0.2) is 0 Å². The number of carboxylic acid groups (broad SMARTS) is 1. The van der Waals surface area contributed by atoms with E-state index >= 15 is 0 Å². The predicted molar refractivity (Wildman–Crippen MR) is 73.6 cm³/mol. The van der Waals surface area contributed by atoms with Gasteiger partial charge in [-0.15, -0.1) is 0 Å². The molecule has 1 aromatic rings. The number of para-hydroxylation sites is 1. The van der Waals surface area contributed by atoms with Gasteiger partial charge in [-0.05, 0) is 18.7 Å². The molecule has 3 atom stereocenters. The van der Waals surface area contributed by atoms with Crippen LogP contribution in [0.25, 0.3) is 0 Å². The molecule has 0 radical (unpaired) electrons. The Kier molecular flexibility index (Phi) is 4.59. The molecule has 1 aromatic carbocycles. The number of methoxy groups -OCH3 is 1. The molecule has 0 saturated carbocycles. The molecule has 1 saturated heterocycles. The number of anilines is 1. The first-order chi connectivity index (χ1) is 9.92. The molecule has 0 bridgehead atoms. The fourth-order valence-electron chi connectivity index (χ4n) is 3.89. The van der Waals surface area contributed by atoms with Crippen molar-refractivity contribution in [3.63, 3.8) is 0 Å². The molecular formula is C15H17N2NaO4. The molecule has 0 N–H and O–H groups in total. The number of benzene rings is 1. The Morgan fingerprint density at radius 3 is 2.59 bits per heavy atom. The van der Waals surface area contributed by atoms with E-state index in [0.29, 0.717) is 12.2 Å². The molecule has 1 fully saturated rings. The van der Waals surface area contributed by atoms with Crippen LogP contribution in [0.1, 0.15) is 12.5 Å². The third-order valence-corrected chi connectivity index (χ3v) is 4.79. The summed E-state index contributed by atoms with van der Waals surface area (Å²) in [5.41, 5.74) is 0.840. The summed E-state index contributed by atoms with van der Waals surface area (Å²) >= 11 is 0. The number of rotatable bonds is 1. The maximum absolute atomic E-state index is 12.2. The van der Waals surface area contributed by atoms with Gasteiger partial charge in [0, 0.05) is 23.8 Å². The van der Waals surface area contributed by atoms with Gasteiger partial charge in [0.1, 0.15) is 6.17 Å². The van der Waals surface area contributed by atoms with Crippen molar-refractivity contribution in [1.29, 1.82) is 0 Å². The van der Waals surface area contributed by atoms with Crippen LogP contribution in [0.3, 0.4) is 0 Å². The van der Waals surface area contributed by atoms with Gasteiger partial charge in [-0.3, -0.25) is 9.80 Å². The third kappa shape index (κ3) is 2.09. The van der Waals surface area contributed by atoms with E-state index in [1.165, 1.54) is 12.0 Å². The largest absolute Gasteiger partial charge is 1.00 e. The summed E-state index contributed by atoms with van der Waals surface area (Å²) in [4.78, 5) is 27.2. The van der Waals surface area contributed by atoms with Gasteiger partial charge in [-0.1, -0.05) is 25.1 Å². The molecule has 0 aromatic heterocycles. The number of hydrogen-bond donors (Lipinski definition) is 0. The number of fused-ring (bicyclic) bond motifs is 3. The van der Waals surface area contributed by atoms with Crippen molar-refractivity contribution in [2.24, 2.45) is 5.92 Å². The number of aliphatic carboxylic acids is 1. The van der Waals surface area contributed by atoms with Gasteiger partial charge in [0.2, 0.25) is 0 Å². The van der Waals surface area contributed by atoms with Crippen LogP contribution < -0.4 is 39.6 Å². The van der Waals surface area contributed by atoms with Crippen LogP contribution in [0.2, 0.25) is 0 Å². The number of ether oxygens (including phenoxy) is 1. The Morgan fingerprint density at radius 2 is 2.00 bits per heavy atom. The quantitative estimate of drug-likeness (QED) is 0.523.